The molecule has 1 amide bonds. The largest absolute Gasteiger partial charge is 0.322 e. The lowest BCUT2D eigenvalue weighted by Crippen LogP contribution is -2.15. The van der Waals surface area contributed by atoms with Crippen molar-refractivity contribution in [2.75, 3.05) is 16.3 Å². The summed E-state index contributed by atoms with van der Waals surface area (Å²) in [5.41, 5.74) is -0.414. The minimum atomic E-state index is -3.68. The van der Waals surface area contributed by atoms with Crippen molar-refractivity contribution in [1.82, 2.24) is 0 Å². The fourth-order valence-electron chi connectivity index (χ4n) is 1.75. The molecule has 9 heteroatoms. The highest BCUT2D eigenvalue weighted by Crippen LogP contribution is 2.22. The number of amides is 1. The van der Waals surface area contributed by atoms with Crippen molar-refractivity contribution < 1.29 is 22.0 Å². The summed E-state index contributed by atoms with van der Waals surface area (Å²) in [4.78, 5) is 12.1. The zero-order valence-electron chi connectivity index (χ0n) is 11.7. The third-order valence-electron chi connectivity index (χ3n) is 2.69. The lowest BCUT2D eigenvalue weighted by Gasteiger charge is -2.10. The minimum absolute atomic E-state index is 0.113. The van der Waals surface area contributed by atoms with Gasteiger partial charge >= 0.3 is 0 Å². The maximum atomic E-state index is 13.7. The number of hydrogen-bond donors (Lipinski definition) is 2. The Bertz CT molecular complexity index is 872. The quantitative estimate of drug-likeness (QED) is 0.820. The van der Waals surface area contributed by atoms with Crippen LogP contribution < -0.4 is 10.0 Å². The van der Waals surface area contributed by atoms with Crippen molar-refractivity contribution in [2.24, 2.45) is 0 Å². The van der Waals surface area contributed by atoms with Crippen LogP contribution in [0.3, 0.4) is 0 Å². The molecule has 0 heterocycles. The average Bonchev–Trinajstić information content (AvgIpc) is 2.43. The highest BCUT2D eigenvalue weighted by atomic mass is 79.9. The van der Waals surface area contributed by atoms with E-state index in [0.29, 0.717) is 4.47 Å². The third kappa shape index (κ3) is 4.73. The number of hydrogen-bond acceptors (Lipinski definition) is 3. The number of carbonyl (C=O) groups excluding carboxylic acids is 1. The number of carbonyl (C=O) groups is 1. The van der Waals surface area contributed by atoms with Crippen molar-refractivity contribution in [3.8, 4) is 0 Å². The summed E-state index contributed by atoms with van der Waals surface area (Å²) in [5.74, 6) is -2.27. The highest BCUT2D eigenvalue weighted by molar-refractivity contribution is 9.10. The van der Waals surface area contributed by atoms with E-state index in [1.807, 2.05) is 4.72 Å². The lowest BCUT2D eigenvalue weighted by molar-refractivity contribution is 0.102. The predicted molar refractivity (Wildman–Crippen MR) is 86.9 cm³/mol. The molecule has 0 saturated carbocycles. The molecular formula is C14H11BrF2N2O3S. The molecule has 23 heavy (non-hydrogen) atoms. The second kappa shape index (κ2) is 6.63. The fourth-order valence-corrected chi connectivity index (χ4v) is 2.67. The van der Waals surface area contributed by atoms with Gasteiger partial charge in [-0.2, -0.15) is 0 Å². The van der Waals surface area contributed by atoms with E-state index < -0.39 is 27.6 Å². The Morgan fingerprint density at radius 1 is 1.09 bits per heavy atom. The molecule has 0 aliphatic carbocycles. The van der Waals surface area contributed by atoms with E-state index in [1.165, 1.54) is 18.2 Å². The van der Waals surface area contributed by atoms with Crippen molar-refractivity contribution in [3.63, 3.8) is 0 Å². The molecule has 0 saturated heterocycles. The van der Waals surface area contributed by atoms with Gasteiger partial charge in [-0.3, -0.25) is 9.52 Å². The van der Waals surface area contributed by atoms with Crippen LogP contribution in [0.5, 0.6) is 0 Å². The average molecular weight is 405 g/mol. The SMILES string of the molecule is CS(=O)(=O)Nc1cc(NC(=O)c2cc(Br)ccc2F)ccc1F. The topological polar surface area (TPSA) is 75.3 Å². The zero-order chi connectivity index (χ0) is 17.2. The Morgan fingerprint density at radius 3 is 2.39 bits per heavy atom. The van der Waals surface area contributed by atoms with E-state index >= 15 is 0 Å². The summed E-state index contributed by atoms with van der Waals surface area (Å²) < 4.78 is 52.1. The summed E-state index contributed by atoms with van der Waals surface area (Å²) >= 11 is 3.13. The first kappa shape index (κ1) is 17.4. The van der Waals surface area contributed by atoms with E-state index in [9.17, 15) is 22.0 Å². The maximum absolute atomic E-state index is 13.7. The first-order valence-electron chi connectivity index (χ1n) is 6.19. The van der Waals surface area contributed by atoms with Gasteiger partial charge in [0.1, 0.15) is 11.6 Å². The molecule has 5 nitrogen and oxygen atoms in total. The van der Waals surface area contributed by atoms with Crippen LogP contribution in [0.2, 0.25) is 0 Å². The Morgan fingerprint density at radius 2 is 1.74 bits per heavy atom. The van der Waals surface area contributed by atoms with Crippen LogP contribution in [-0.2, 0) is 10.0 Å². The molecule has 2 aromatic rings. The minimum Gasteiger partial charge on any atom is -0.322 e. The number of anilines is 2. The molecule has 0 aliphatic heterocycles. The summed E-state index contributed by atoms with van der Waals surface area (Å²) in [6.45, 7) is 0. The molecule has 0 bridgehead atoms. The molecule has 0 spiro atoms. The summed E-state index contributed by atoms with van der Waals surface area (Å²) in [6, 6.07) is 7.18. The molecule has 0 fully saturated rings. The van der Waals surface area contributed by atoms with Gasteiger partial charge in [0.15, 0.2) is 0 Å². The Labute approximate surface area is 139 Å². The van der Waals surface area contributed by atoms with Crippen LogP contribution in [0.1, 0.15) is 10.4 Å². The van der Waals surface area contributed by atoms with Gasteiger partial charge in [0, 0.05) is 10.2 Å². The first-order chi connectivity index (χ1) is 10.7. The maximum Gasteiger partial charge on any atom is 0.258 e. The summed E-state index contributed by atoms with van der Waals surface area (Å²) in [6.07, 6.45) is 0.870. The van der Waals surface area contributed by atoms with Gasteiger partial charge < -0.3 is 5.32 Å². The van der Waals surface area contributed by atoms with Crippen LogP contribution >= 0.6 is 15.9 Å². The van der Waals surface area contributed by atoms with Crippen LogP contribution in [-0.4, -0.2) is 20.6 Å². The van der Waals surface area contributed by atoms with Crippen molar-refractivity contribution in [2.45, 2.75) is 0 Å². The predicted octanol–water partition coefficient (Wildman–Crippen LogP) is 3.35. The van der Waals surface area contributed by atoms with Crippen LogP contribution in [0.4, 0.5) is 20.2 Å². The van der Waals surface area contributed by atoms with Crippen molar-refractivity contribution in [3.05, 3.63) is 58.1 Å². The van der Waals surface area contributed by atoms with E-state index in [-0.39, 0.29) is 16.9 Å². The number of sulfonamides is 1. The molecular weight excluding hydrogens is 394 g/mol. The van der Waals surface area contributed by atoms with Crippen LogP contribution in [0.25, 0.3) is 0 Å². The highest BCUT2D eigenvalue weighted by Gasteiger charge is 2.14. The number of halogens is 3. The van der Waals surface area contributed by atoms with Gasteiger partial charge in [0.2, 0.25) is 10.0 Å². The van der Waals surface area contributed by atoms with Crippen molar-refractivity contribution >= 4 is 43.2 Å². The molecule has 2 N–H and O–H groups in total. The van der Waals surface area contributed by atoms with Crippen LogP contribution in [0.15, 0.2) is 40.9 Å². The molecule has 122 valence electrons. The Kier molecular flexibility index (Phi) is 5.00. The number of benzene rings is 2. The third-order valence-corrected chi connectivity index (χ3v) is 3.78. The van der Waals surface area contributed by atoms with Crippen molar-refractivity contribution in [1.29, 1.82) is 0 Å². The molecule has 0 unspecified atom stereocenters. The lowest BCUT2D eigenvalue weighted by atomic mass is 10.2. The Balaban J connectivity index is 2.28. The molecule has 0 radical (unpaired) electrons. The molecule has 2 rings (SSSR count). The normalized spacial score (nSPS) is 11.1. The van der Waals surface area contributed by atoms with Gasteiger partial charge in [0.25, 0.3) is 5.91 Å². The molecule has 0 atom stereocenters. The van der Waals surface area contributed by atoms with E-state index in [0.717, 1.165) is 24.5 Å². The van der Waals surface area contributed by atoms with E-state index in [4.69, 9.17) is 0 Å². The molecule has 2 aromatic carbocycles. The second-order valence-electron chi connectivity index (χ2n) is 4.65. The molecule has 0 aliphatic rings. The second-order valence-corrected chi connectivity index (χ2v) is 7.31. The number of rotatable bonds is 4. The molecule has 0 aromatic heterocycles. The smallest absolute Gasteiger partial charge is 0.258 e. The fraction of sp³-hybridized carbons (Fsp3) is 0.0714. The Hall–Kier alpha value is -2.00. The van der Waals surface area contributed by atoms with E-state index in [1.54, 1.807) is 0 Å². The van der Waals surface area contributed by atoms with Gasteiger partial charge in [-0.05, 0) is 36.4 Å². The first-order valence-corrected chi connectivity index (χ1v) is 8.88. The van der Waals surface area contributed by atoms with Gasteiger partial charge in [0.05, 0.1) is 17.5 Å². The summed E-state index contributed by atoms with van der Waals surface area (Å²) in [5, 5.41) is 2.38. The standard InChI is InChI=1S/C14H11BrF2N2O3S/c1-23(21,22)19-13-7-9(3-5-12(13)17)18-14(20)10-6-8(15)2-4-11(10)16/h2-7,19H,1H3,(H,18,20). The monoisotopic (exact) mass is 404 g/mol. The number of nitrogens with one attached hydrogen (secondary N) is 2. The van der Waals surface area contributed by atoms with Gasteiger partial charge in [-0.25, -0.2) is 17.2 Å². The van der Waals surface area contributed by atoms with Gasteiger partial charge in [-0.15, -0.1) is 0 Å². The summed E-state index contributed by atoms with van der Waals surface area (Å²) in [7, 11) is -3.68. The zero-order valence-corrected chi connectivity index (χ0v) is 14.1. The van der Waals surface area contributed by atoms with Crippen LogP contribution in [0, 0.1) is 11.6 Å². The van der Waals surface area contributed by atoms with E-state index in [2.05, 4.69) is 21.2 Å². The van der Waals surface area contributed by atoms with Gasteiger partial charge in [-0.1, -0.05) is 15.9 Å².